The second-order valence-electron chi connectivity index (χ2n) is 13.2. The Labute approximate surface area is 311 Å². The van der Waals surface area contributed by atoms with Gasteiger partial charge in [0.15, 0.2) is 0 Å². The Balaban J connectivity index is 1.06. The van der Waals surface area contributed by atoms with E-state index in [4.69, 9.17) is 0 Å². The van der Waals surface area contributed by atoms with Crippen LogP contribution in [0.15, 0.2) is 181 Å². The van der Waals surface area contributed by atoms with Crippen molar-refractivity contribution in [1.29, 1.82) is 5.26 Å². The molecule has 2 aliphatic heterocycles. The van der Waals surface area contributed by atoms with E-state index in [0.717, 1.165) is 28.2 Å². The minimum atomic E-state index is 0.259. The summed E-state index contributed by atoms with van der Waals surface area (Å²) in [5.41, 5.74) is 12.5. The largest absolute Gasteiger partial charge is 0.331 e. The van der Waals surface area contributed by atoms with Crippen molar-refractivity contribution in [3.05, 3.63) is 192 Å². The van der Waals surface area contributed by atoms with E-state index in [2.05, 4.69) is 168 Å². The molecule has 2 unspecified atom stereocenters. The lowest BCUT2D eigenvalue weighted by molar-refractivity contribution is 0.741. The molecule has 52 heavy (non-hydrogen) atoms. The number of nitrogens with zero attached hydrogens (tertiary/aromatic N) is 3. The van der Waals surface area contributed by atoms with Crippen LogP contribution in [0.25, 0.3) is 32.3 Å². The van der Waals surface area contributed by atoms with Crippen molar-refractivity contribution < 1.29 is 0 Å². The zero-order valence-electron chi connectivity index (χ0n) is 28.1. The lowest BCUT2D eigenvalue weighted by Crippen LogP contribution is -2.19. The molecule has 5 heteroatoms. The van der Waals surface area contributed by atoms with Gasteiger partial charge in [0, 0.05) is 42.6 Å². The average Bonchev–Trinajstić information content (AvgIpc) is 3.88. The molecule has 10 rings (SSSR count). The Morgan fingerprint density at radius 2 is 1.08 bits per heavy atom. The number of nitriles is 1. The summed E-state index contributed by atoms with van der Waals surface area (Å²) in [6.45, 7) is 0. The van der Waals surface area contributed by atoms with Crippen molar-refractivity contribution >= 4 is 61.6 Å². The summed E-state index contributed by atoms with van der Waals surface area (Å²) in [7, 11) is 0. The normalized spacial score (nSPS) is 15.6. The van der Waals surface area contributed by atoms with Crippen LogP contribution < -0.4 is 9.80 Å². The molecular formula is C47H31N3S2. The highest BCUT2D eigenvalue weighted by atomic mass is 32.2. The van der Waals surface area contributed by atoms with Crippen molar-refractivity contribution in [3.8, 4) is 28.3 Å². The fraction of sp³-hybridized carbons (Fsp3) is 0.0426. The van der Waals surface area contributed by atoms with Crippen LogP contribution in [-0.4, -0.2) is 0 Å². The minimum Gasteiger partial charge on any atom is -0.331 e. The van der Waals surface area contributed by atoms with Crippen LogP contribution in [0, 0.1) is 11.3 Å². The molecule has 8 aromatic rings. The van der Waals surface area contributed by atoms with Gasteiger partial charge in [0.1, 0.15) is 0 Å². The molecule has 0 amide bonds. The molecule has 1 aromatic heterocycles. The summed E-state index contributed by atoms with van der Waals surface area (Å²) >= 11 is 3.96. The van der Waals surface area contributed by atoms with Gasteiger partial charge in [-0.25, -0.2) is 0 Å². The first kappa shape index (κ1) is 30.7. The van der Waals surface area contributed by atoms with Gasteiger partial charge < -0.3 is 9.80 Å². The van der Waals surface area contributed by atoms with E-state index in [0.29, 0.717) is 10.8 Å². The fourth-order valence-electron chi connectivity index (χ4n) is 7.77. The van der Waals surface area contributed by atoms with Gasteiger partial charge in [0.05, 0.1) is 28.6 Å². The number of hydrogen-bond donors (Lipinski definition) is 0. The van der Waals surface area contributed by atoms with E-state index in [1.807, 2.05) is 47.4 Å². The highest BCUT2D eigenvalue weighted by molar-refractivity contribution is 8.00. The Bertz CT molecular complexity index is 2600. The highest BCUT2D eigenvalue weighted by Gasteiger charge is 2.48. The van der Waals surface area contributed by atoms with Crippen LogP contribution in [0.2, 0.25) is 0 Å². The third-order valence-electron chi connectivity index (χ3n) is 10.2. The van der Waals surface area contributed by atoms with Crippen molar-refractivity contribution in [2.75, 3.05) is 9.80 Å². The summed E-state index contributed by atoms with van der Waals surface area (Å²) in [6.07, 6.45) is 0. The van der Waals surface area contributed by atoms with Crippen molar-refractivity contribution in [2.24, 2.45) is 0 Å². The highest BCUT2D eigenvalue weighted by Crippen LogP contribution is 2.67. The van der Waals surface area contributed by atoms with Crippen molar-refractivity contribution in [2.45, 2.75) is 16.2 Å². The fourth-order valence-corrected chi connectivity index (χ4v) is 10.6. The Hall–Kier alpha value is -6.06. The van der Waals surface area contributed by atoms with Gasteiger partial charge in [0.2, 0.25) is 0 Å². The number of benzene rings is 7. The maximum absolute atomic E-state index is 9.27. The first-order chi connectivity index (χ1) is 25.7. The SMILES string of the molecule is N#Cc1ccc(-c2ccc(N(c3ccc(-c4ccccc4)cc3)c3ccc(N4c5c(sc6ccccc56)C5Sc6ccccc6C54)cc3)cc2)cc1. The predicted octanol–water partition coefficient (Wildman–Crippen LogP) is 13.6. The summed E-state index contributed by atoms with van der Waals surface area (Å²) < 4.78 is 1.35. The van der Waals surface area contributed by atoms with Crippen molar-refractivity contribution in [1.82, 2.24) is 0 Å². The Kier molecular flexibility index (Phi) is 7.46. The molecule has 7 aromatic carbocycles. The molecule has 0 bridgehead atoms. The molecule has 246 valence electrons. The van der Waals surface area contributed by atoms with Gasteiger partial charge in [-0.2, -0.15) is 5.26 Å². The lowest BCUT2D eigenvalue weighted by atomic mass is 10.0. The molecule has 2 atom stereocenters. The number of thiophene rings is 1. The molecule has 3 heterocycles. The third-order valence-corrected chi connectivity index (χ3v) is 13.0. The van der Waals surface area contributed by atoms with Crippen LogP contribution in [0.3, 0.4) is 0 Å². The summed E-state index contributed by atoms with van der Waals surface area (Å²) in [5.74, 6) is 0. The second kappa shape index (κ2) is 12.6. The van der Waals surface area contributed by atoms with E-state index >= 15 is 0 Å². The van der Waals surface area contributed by atoms with E-state index in [9.17, 15) is 5.26 Å². The summed E-state index contributed by atoms with van der Waals surface area (Å²) in [6, 6.07) is 65.3. The Morgan fingerprint density at radius 1 is 0.538 bits per heavy atom. The molecule has 0 aliphatic carbocycles. The van der Waals surface area contributed by atoms with Gasteiger partial charge in [-0.3, -0.25) is 0 Å². The first-order valence-electron chi connectivity index (χ1n) is 17.5. The number of rotatable bonds is 6. The van der Waals surface area contributed by atoms with Crippen LogP contribution in [0.1, 0.15) is 27.3 Å². The molecule has 2 aliphatic rings. The molecular weight excluding hydrogens is 671 g/mol. The summed E-state index contributed by atoms with van der Waals surface area (Å²) in [4.78, 5) is 7.79. The molecule has 3 nitrogen and oxygen atoms in total. The van der Waals surface area contributed by atoms with Crippen LogP contribution >= 0.6 is 23.1 Å². The van der Waals surface area contributed by atoms with Gasteiger partial charge in [-0.05, 0) is 101 Å². The lowest BCUT2D eigenvalue weighted by Gasteiger charge is -2.30. The zero-order chi connectivity index (χ0) is 34.6. The number of hydrogen-bond acceptors (Lipinski definition) is 5. The van der Waals surface area contributed by atoms with Crippen LogP contribution in [0.5, 0.6) is 0 Å². The van der Waals surface area contributed by atoms with E-state index in [1.165, 1.54) is 47.9 Å². The average molecular weight is 702 g/mol. The van der Waals surface area contributed by atoms with E-state index in [1.54, 1.807) is 0 Å². The molecule has 0 saturated carbocycles. The zero-order valence-corrected chi connectivity index (χ0v) is 29.7. The number of anilines is 5. The number of thioether (sulfide) groups is 1. The molecule has 0 radical (unpaired) electrons. The van der Waals surface area contributed by atoms with E-state index in [-0.39, 0.29) is 6.04 Å². The second-order valence-corrected chi connectivity index (χ2v) is 15.5. The predicted molar refractivity (Wildman–Crippen MR) is 218 cm³/mol. The monoisotopic (exact) mass is 701 g/mol. The molecule has 0 fully saturated rings. The van der Waals surface area contributed by atoms with E-state index < -0.39 is 0 Å². The topological polar surface area (TPSA) is 30.3 Å². The van der Waals surface area contributed by atoms with Gasteiger partial charge in [0.25, 0.3) is 0 Å². The first-order valence-corrected chi connectivity index (χ1v) is 19.2. The van der Waals surface area contributed by atoms with Crippen LogP contribution in [-0.2, 0) is 0 Å². The quantitative estimate of drug-likeness (QED) is 0.173. The molecule has 0 N–H and O–H groups in total. The molecule has 0 saturated heterocycles. The maximum Gasteiger partial charge on any atom is 0.0991 e. The van der Waals surface area contributed by atoms with Gasteiger partial charge in [-0.15, -0.1) is 23.1 Å². The smallest absolute Gasteiger partial charge is 0.0991 e. The standard InChI is InChI=1S/C47H31N3S2/c48-30-31-14-16-33(17-15-31)35-20-24-37(25-21-35)49(36-22-18-34(19-23-36)32-8-2-1-3-9-32)38-26-28-39(29-27-38)50-44-40-10-4-6-12-42(40)51-46(44)47-45(50)41-11-5-7-13-43(41)52-47/h1-29,44,46H. The maximum atomic E-state index is 9.27. The van der Waals surface area contributed by atoms with Gasteiger partial charge in [-0.1, -0.05) is 103 Å². The van der Waals surface area contributed by atoms with Crippen molar-refractivity contribution in [3.63, 3.8) is 0 Å². The molecule has 0 spiro atoms. The minimum absolute atomic E-state index is 0.259. The third kappa shape index (κ3) is 5.11. The summed E-state index contributed by atoms with van der Waals surface area (Å²) in [5, 5.41) is 11.0. The number of fused-ring (bicyclic) bond motifs is 7. The van der Waals surface area contributed by atoms with Crippen LogP contribution in [0.4, 0.5) is 28.4 Å². The Morgan fingerprint density at radius 3 is 1.73 bits per heavy atom. The van der Waals surface area contributed by atoms with Gasteiger partial charge >= 0.3 is 0 Å².